The van der Waals surface area contributed by atoms with Gasteiger partial charge in [0.1, 0.15) is 11.5 Å². The highest BCUT2D eigenvalue weighted by atomic mass is 16.5. The summed E-state index contributed by atoms with van der Waals surface area (Å²) in [7, 11) is 1.65. The Kier molecular flexibility index (Phi) is 7.28. The number of aryl methyl sites for hydroxylation is 2. The van der Waals surface area contributed by atoms with Crippen LogP contribution in [0.15, 0.2) is 42.5 Å². The molecule has 0 spiro atoms. The number of hydrogen-bond donors (Lipinski definition) is 1. The third kappa shape index (κ3) is 6.02. The van der Waals surface area contributed by atoms with Gasteiger partial charge in [-0.25, -0.2) is 0 Å². The summed E-state index contributed by atoms with van der Waals surface area (Å²) in [6.45, 7) is 10.1. The maximum absolute atomic E-state index is 12.8. The third-order valence-corrected chi connectivity index (χ3v) is 4.56. The molecule has 0 radical (unpaired) electrons. The van der Waals surface area contributed by atoms with E-state index in [2.05, 4.69) is 19.2 Å². The van der Waals surface area contributed by atoms with E-state index in [9.17, 15) is 4.79 Å². The van der Waals surface area contributed by atoms with Gasteiger partial charge in [-0.3, -0.25) is 4.79 Å². The summed E-state index contributed by atoms with van der Waals surface area (Å²) in [5.41, 5.74) is 3.20. The molecule has 2 aromatic carbocycles. The molecule has 2 aromatic rings. The molecular formula is C23H31NO3. The zero-order valence-corrected chi connectivity index (χ0v) is 17.2. The zero-order chi connectivity index (χ0) is 20.0. The van der Waals surface area contributed by atoms with Gasteiger partial charge in [0.25, 0.3) is 5.91 Å². The van der Waals surface area contributed by atoms with Crippen molar-refractivity contribution in [2.45, 2.75) is 53.2 Å². The molecule has 4 nitrogen and oxygen atoms in total. The lowest BCUT2D eigenvalue weighted by Crippen LogP contribution is -2.39. The van der Waals surface area contributed by atoms with Crippen LogP contribution >= 0.6 is 0 Å². The molecule has 0 saturated carbocycles. The first-order chi connectivity index (χ1) is 12.8. The fraction of sp³-hybridized carbons (Fsp3) is 0.435. The van der Waals surface area contributed by atoms with Gasteiger partial charge in [-0.15, -0.1) is 0 Å². The lowest BCUT2D eigenvalue weighted by molar-refractivity contribution is -0.128. The average molecular weight is 370 g/mol. The minimum atomic E-state index is -0.571. The summed E-state index contributed by atoms with van der Waals surface area (Å²) in [6, 6.07) is 13.8. The Bertz CT molecular complexity index is 753. The molecule has 0 aromatic heterocycles. The largest absolute Gasteiger partial charge is 0.497 e. The van der Waals surface area contributed by atoms with Gasteiger partial charge in [0.15, 0.2) is 6.10 Å². The van der Waals surface area contributed by atoms with Crippen molar-refractivity contribution >= 4 is 5.91 Å². The summed E-state index contributed by atoms with van der Waals surface area (Å²) in [4.78, 5) is 12.8. The van der Waals surface area contributed by atoms with Crippen LogP contribution in [0.1, 0.15) is 49.9 Å². The second kappa shape index (κ2) is 9.45. The standard InChI is InChI=1S/C23H31NO3/c1-15(2)13-21(19-9-11-20(26-6)12-10-19)24-23(25)18(5)27-22-14-16(3)7-8-17(22)4/h7-12,14-15,18,21H,13H2,1-6H3,(H,24,25)/t18-,21-/m0/s1. The Morgan fingerprint density at radius 3 is 2.30 bits per heavy atom. The topological polar surface area (TPSA) is 47.6 Å². The number of nitrogens with one attached hydrogen (secondary N) is 1. The van der Waals surface area contributed by atoms with Crippen molar-refractivity contribution in [3.05, 3.63) is 59.2 Å². The molecule has 1 amide bonds. The van der Waals surface area contributed by atoms with E-state index < -0.39 is 6.10 Å². The summed E-state index contributed by atoms with van der Waals surface area (Å²) >= 11 is 0. The molecule has 0 bridgehead atoms. The number of ether oxygens (including phenoxy) is 2. The number of amides is 1. The Hall–Kier alpha value is -2.49. The maximum Gasteiger partial charge on any atom is 0.261 e. The second-order valence-corrected chi connectivity index (χ2v) is 7.49. The predicted molar refractivity (Wildman–Crippen MR) is 109 cm³/mol. The quantitative estimate of drug-likeness (QED) is 0.714. The van der Waals surface area contributed by atoms with E-state index in [1.165, 1.54) is 0 Å². The van der Waals surface area contributed by atoms with Crippen molar-refractivity contribution in [2.24, 2.45) is 5.92 Å². The van der Waals surface area contributed by atoms with Crippen molar-refractivity contribution in [3.63, 3.8) is 0 Å². The molecule has 0 unspecified atom stereocenters. The molecule has 27 heavy (non-hydrogen) atoms. The Balaban J connectivity index is 2.10. The van der Waals surface area contributed by atoms with Gasteiger partial charge in [0.05, 0.1) is 13.2 Å². The minimum absolute atomic E-state index is 0.0620. The normalized spacial score (nSPS) is 13.1. The molecular weight excluding hydrogens is 338 g/mol. The third-order valence-electron chi connectivity index (χ3n) is 4.56. The number of carbonyl (C=O) groups excluding carboxylic acids is 1. The van der Waals surface area contributed by atoms with E-state index in [1.807, 2.05) is 56.3 Å². The highest BCUT2D eigenvalue weighted by molar-refractivity contribution is 5.81. The highest BCUT2D eigenvalue weighted by Crippen LogP contribution is 2.25. The molecule has 4 heteroatoms. The van der Waals surface area contributed by atoms with Crippen LogP contribution in [0.3, 0.4) is 0 Å². The Morgan fingerprint density at radius 2 is 1.70 bits per heavy atom. The van der Waals surface area contributed by atoms with Gasteiger partial charge in [-0.1, -0.05) is 38.1 Å². The summed E-state index contributed by atoms with van der Waals surface area (Å²) in [5.74, 6) is 1.90. The van der Waals surface area contributed by atoms with Gasteiger partial charge in [-0.05, 0) is 68.0 Å². The van der Waals surface area contributed by atoms with E-state index >= 15 is 0 Å². The second-order valence-electron chi connectivity index (χ2n) is 7.49. The summed E-state index contributed by atoms with van der Waals surface area (Å²) < 4.78 is 11.2. The number of benzene rings is 2. The number of carbonyl (C=O) groups is 1. The smallest absolute Gasteiger partial charge is 0.261 e. The molecule has 0 saturated heterocycles. The molecule has 2 rings (SSSR count). The van der Waals surface area contributed by atoms with Crippen LogP contribution in [0, 0.1) is 19.8 Å². The predicted octanol–water partition coefficient (Wildman–Crippen LogP) is 4.98. The van der Waals surface area contributed by atoms with Crippen molar-refractivity contribution in [1.82, 2.24) is 5.32 Å². The molecule has 0 heterocycles. The van der Waals surface area contributed by atoms with Gasteiger partial charge < -0.3 is 14.8 Å². The monoisotopic (exact) mass is 369 g/mol. The van der Waals surface area contributed by atoms with Gasteiger partial charge in [-0.2, -0.15) is 0 Å². The first-order valence-electron chi connectivity index (χ1n) is 9.48. The van der Waals surface area contributed by atoms with Crippen LogP contribution in [-0.2, 0) is 4.79 Å². The minimum Gasteiger partial charge on any atom is -0.497 e. The van der Waals surface area contributed by atoms with E-state index in [0.29, 0.717) is 5.92 Å². The molecule has 0 aliphatic heterocycles. The van der Waals surface area contributed by atoms with Crippen molar-refractivity contribution in [3.8, 4) is 11.5 Å². The van der Waals surface area contributed by atoms with Crippen LogP contribution < -0.4 is 14.8 Å². The lowest BCUT2D eigenvalue weighted by Gasteiger charge is -2.24. The number of methoxy groups -OCH3 is 1. The molecule has 0 aliphatic rings. The van der Waals surface area contributed by atoms with Gasteiger partial charge >= 0.3 is 0 Å². The number of rotatable bonds is 8. The Morgan fingerprint density at radius 1 is 1.04 bits per heavy atom. The molecule has 146 valence electrons. The zero-order valence-electron chi connectivity index (χ0n) is 17.2. The maximum atomic E-state index is 12.8. The summed E-state index contributed by atoms with van der Waals surface area (Å²) in [5, 5.41) is 3.15. The van der Waals surface area contributed by atoms with Gasteiger partial charge in [0.2, 0.25) is 0 Å². The highest BCUT2D eigenvalue weighted by Gasteiger charge is 2.21. The van der Waals surface area contributed by atoms with Crippen LogP contribution in [0.4, 0.5) is 0 Å². The lowest BCUT2D eigenvalue weighted by atomic mass is 9.96. The van der Waals surface area contributed by atoms with E-state index in [-0.39, 0.29) is 11.9 Å². The van der Waals surface area contributed by atoms with Crippen LogP contribution in [0.5, 0.6) is 11.5 Å². The van der Waals surface area contributed by atoms with Gasteiger partial charge in [0, 0.05) is 0 Å². The summed E-state index contributed by atoms with van der Waals surface area (Å²) in [6.07, 6.45) is 0.285. The SMILES string of the molecule is COc1ccc([C@H](CC(C)C)NC(=O)[C@H](C)Oc2cc(C)ccc2C)cc1. The molecule has 0 aliphatic carbocycles. The van der Waals surface area contributed by atoms with E-state index in [1.54, 1.807) is 14.0 Å². The molecule has 0 fully saturated rings. The number of hydrogen-bond acceptors (Lipinski definition) is 3. The van der Waals surface area contributed by atoms with E-state index in [0.717, 1.165) is 34.6 Å². The molecule has 1 N–H and O–H groups in total. The van der Waals surface area contributed by atoms with Crippen molar-refractivity contribution in [1.29, 1.82) is 0 Å². The van der Waals surface area contributed by atoms with Crippen molar-refractivity contribution in [2.75, 3.05) is 7.11 Å². The van der Waals surface area contributed by atoms with Crippen LogP contribution in [-0.4, -0.2) is 19.1 Å². The van der Waals surface area contributed by atoms with Crippen molar-refractivity contribution < 1.29 is 14.3 Å². The first kappa shape index (κ1) is 20.8. The van der Waals surface area contributed by atoms with Crippen LogP contribution in [0.2, 0.25) is 0 Å². The molecule has 2 atom stereocenters. The van der Waals surface area contributed by atoms with E-state index in [4.69, 9.17) is 9.47 Å². The fourth-order valence-electron chi connectivity index (χ4n) is 2.95. The van der Waals surface area contributed by atoms with Crippen LogP contribution in [0.25, 0.3) is 0 Å². The Labute approximate surface area is 162 Å². The average Bonchev–Trinajstić information content (AvgIpc) is 2.63. The first-order valence-corrected chi connectivity index (χ1v) is 9.48. The fourth-order valence-corrected chi connectivity index (χ4v) is 2.95.